The smallest absolute Gasteiger partial charge is 0.143 e. The normalized spacial score (nSPS) is 17.5. The van der Waals surface area contributed by atoms with Crippen molar-refractivity contribution >= 4 is 15.9 Å². The maximum absolute atomic E-state index is 13.6. The van der Waals surface area contributed by atoms with Crippen LogP contribution >= 0.6 is 15.9 Å². The highest BCUT2D eigenvalue weighted by atomic mass is 79.9. The first-order valence-corrected chi connectivity index (χ1v) is 6.17. The molecule has 0 aromatic heterocycles. The van der Waals surface area contributed by atoms with Gasteiger partial charge in [0.25, 0.3) is 0 Å². The molecular formula is C12H13BrF2O. The van der Waals surface area contributed by atoms with Crippen LogP contribution in [0.5, 0.6) is 0 Å². The van der Waals surface area contributed by atoms with Gasteiger partial charge in [0.05, 0.1) is 10.6 Å². The van der Waals surface area contributed by atoms with Crippen LogP contribution in [0.25, 0.3) is 0 Å². The second-order valence-electron chi connectivity index (χ2n) is 4.36. The molecule has 0 bridgehead atoms. The van der Waals surface area contributed by atoms with Crippen LogP contribution in [0.3, 0.4) is 0 Å². The molecule has 4 heteroatoms. The second-order valence-corrected chi connectivity index (χ2v) is 5.21. The summed E-state index contributed by atoms with van der Waals surface area (Å²) in [4.78, 5) is 0. The molecule has 1 fully saturated rings. The lowest BCUT2D eigenvalue weighted by Crippen LogP contribution is -2.14. The zero-order valence-corrected chi connectivity index (χ0v) is 10.3. The summed E-state index contributed by atoms with van der Waals surface area (Å²) in [5, 5.41) is 9.70. The third-order valence-corrected chi connectivity index (χ3v) is 3.49. The van der Waals surface area contributed by atoms with Gasteiger partial charge in [0.1, 0.15) is 11.6 Å². The second kappa shape index (κ2) is 4.80. The van der Waals surface area contributed by atoms with Crippen LogP contribution in [-0.2, 0) is 6.42 Å². The molecule has 1 unspecified atom stereocenters. The molecule has 1 aliphatic carbocycles. The Morgan fingerprint density at radius 1 is 1.38 bits per heavy atom. The summed E-state index contributed by atoms with van der Waals surface area (Å²) in [5.74, 6) is -0.640. The van der Waals surface area contributed by atoms with E-state index in [2.05, 4.69) is 15.9 Å². The minimum Gasteiger partial charge on any atom is -0.393 e. The van der Waals surface area contributed by atoms with Gasteiger partial charge in [-0.15, -0.1) is 0 Å². The average Bonchev–Trinajstić information content (AvgIpc) is 3.02. The molecule has 1 N–H and O–H groups in total. The van der Waals surface area contributed by atoms with E-state index in [1.165, 1.54) is 12.1 Å². The van der Waals surface area contributed by atoms with Crippen LogP contribution in [0.15, 0.2) is 16.6 Å². The van der Waals surface area contributed by atoms with E-state index in [1.54, 1.807) is 0 Å². The fraction of sp³-hybridized carbons (Fsp3) is 0.500. The third kappa shape index (κ3) is 2.80. The quantitative estimate of drug-likeness (QED) is 0.843. The van der Waals surface area contributed by atoms with Crippen LogP contribution in [0.1, 0.15) is 24.8 Å². The van der Waals surface area contributed by atoms with E-state index in [0.29, 0.717) is 12.3 Å². The minimum atomic E-state index is -0.647. The van der Waals surface area contributed by atoms with E-state index >= 15 is 0 Å². The van der Waals surface area contributed by atoms with Crippen LogP contribution in [0.4, 0.5) is 8.78 Å². The molecule has 16 heavy (non-hydrogen) atoms. The first kappa shape index (κ1) is 12.0. The molecule has 0 amide bonds. The van der Waals surface area contributed by atoms with Gasteiger partial charge in [-0.05, 0) is 40.4 Å². The number of halogens is 3. The van der Waals surface area contributed by atoms with Crippen molar-refractivity contribution in [2.45, 2.75) is 31.8 Å². The molecule has 1 aliphatic rings. The summed E-state index contributed by atoms with van der Waals surface area (Å²) in [5.41, 5.74) is -0.0254. The van der Waals surface area contributed by atoms with Gasteiger partial charge in [-0.25, -0.2) is 8.78 Å². The Kier molecular flexibility index (Phi) is 3.60. The van der Waals surface area contributed by atoms with Gasteiger partial charge in [0.2, 0.25) is 0 Å². The van der Waals surface area contributed by atoms with Crippen molar-refractivity contribution in [3.63, 3.8) is 0 Å². The molecule has 0 radical (unpaired) electrons. The molecule has 1 saturated carbocycles. The maximum atomic E-state index is 13.6. The van der Waals surface area contributed by atoms with E-state index in [4.69, 9.17) is 0 Å². The molecule has 0 saturated heterocycles. The fourth-order valence-corrected chi connectivity index (χ4v) is 2.18. The van der Waals surface area contributed by atoms with Gasteiger partial charge in [0, 0.05) is 12.0 Å². The van der Waals surface area contributed by atoms with E-state index in [-0.39, 0.29) is 16.5 Å². The summed E-state index contributed by atoms with van der Waals surface area (Å²) in [7, 11) is 0. The van der Waals surface area contributed by atoms with Gasteiger partial charge >= 0.3 is 0 Å². The Hall–Kier alpha value is -0.480. The van der Waals surface area contributed by atoms with Gasteiger partial charge in [-0.2, -0.15) is 0 Å². The van der Waals surface area contributed by atoms with E-state index < -0.39 is 17.7 Å². The van der Waals surface area contributed by atoms with Crippen molar-refractivity contribution in [3.05, 3.63) is 33.8 Å². The molecule has 1 aromatic carbocycles. The first-order valence-electron chi connectivity index (χ1n) is 5.38. The Morgan fingerprint density at radius 2 is 2.06 bits per heavy atom. The predicted molar refractivity (Wildman–Crippen MR) is 61.1 cm³/mol. The summed E-state index contributed by atoms with van der Waals surface area (Å²) < 4.78 is 27.2. The zero-order valence-electron chi connectivity index (χ0n) is 8.72. The molecule has 2 rings (SSSR count). The third-order valence-electron chi connectivity index (χ3n) is 2.88. The van der Waals surface area contributed by atoms with E-state index in [9.17, 15) is 13.9 Å². The maximum Gasteiger partial charge on any atom is 0.143 e. The first-order chi connectivity index (χ1) is 7.58. The lowest BCUT2D eigenvalue weighted by atomic mass is 10.0. The summed E-state index contributed by atoms with van der Waals surface area (Å²) in [6.45, 7) is 0. The van der Waals surface area contributed by atoms with Gasteiger partial charge in [-0.1, -0.05) is 12.8 Å². The van der Waals surface area contributed by atoms with Crippen LogP contribution < -0.4 is 0 Å². The van der Waals surface area contributed by atoms with Crippen molar-refractivity contribution in [3.8, 4) is 0 Å². The summed E-state index contributed by atoms with van der Waals surface area (Å²) >= 11 is 3.01. The molecule has 1 nitrogen and oxygen atoms in total. The van der Waals surface area contributed by atoms with Crippen molar-refractivity contribution in [1.29, 1.82) is 0 Å². The number of hydrogen-bond acceptors (Lipinski definition) is 1. The topological polar surface area (TPSA) is 20.2 Å². The lowest BCUT2D eigenvalue weighted by Gasteiger charge is -2.12. The molecule has 0 spiro atoms. The van der Waals surface area contributed by atoms with Gasteiger partial charge < -0.3 is 5.11 Å². The Labute approximate surface area is 102 Å². The Balaban J connectivity index is 2.09. The number of rotatable bonds is 4. The highest BCUT2D eigenvalue weighted by molar-refractivity contribution is 9.10. The van der Waals surface area contributed by atoms with Crippen LogP contribution in [0.2, 0.25) is 0 Å². The molecular weight excluding hydrogens is 278 g/mol. The predicted octanol–water partition coefficient (Wildman–Crippen LogP) is 3.43. The average molecular weight is 291 g/mol. The number of aliphatic hydroxyl groups is 1. The fourth-order valence-electron chi connectivity index (χ4n) is 1.81. The number of aliphatic hydroxyl groups excluding tert-OH is 1. The number of benzene rings is 1. The minimum absolute atomic E-state index is 0.0254. The molecule has 1 atom stereocenters. The van der Waals surface area contributed by atoms with Gasteiger partial charge in [0.15, 0.2) is 0 Å². The highest BCUT2D eigenvalue weighted by Gasteiger charge is 2.26. The van der Waals surface area contributed by atoms with E-state index in [0.717, 1.165) is 12.8 Å². The zero-order chi connectivity index (χ0) is 11.7. The molecule has 88 valence electrons. The van der Waals surface area contributed by atoms with E-state index in [1.807, 2.05) is 0 Å². The molecule has 1 aromatic rings. The Morgan fingerprint density at radius 3 is 2.69 bits per heavy atom. The number of hydrogen-bond donors (Lipinski definition) is 1. The van der Waals surface area contributed by atoms with Crippen molar-refractivity contribution in [2.75, 3.05) is 0 Å². The van der Waals surface area contributed by atoms with Crippen molar-refractivity contribution in [2.24, 2.45) is 5.92 Å². The standard InChI is InChI=1S/C12H13BrF2O/c13-10-3-4-11(14)9(12(10)15)6-8(16)5-7-1-2-7/h3-4,7-8,16H,1-2,5-6H2. The molecule has 0 aliphatic heterocycles. The molecule has 0 heterocycles. The monoisotopic (exact) mass is 290 g/mol. The van der Waals surface area contributed by atoms with Crippen molar-refractivity contribution in [1.82, 2.24) is 0 Å². The SMILES string of the molecule is OC(Cc1c(F)ccc(Br)c1F)CC1CC1. The lowest BCUT2D eigenvalue weighted by molar-refractivity contribution is 0.155. The largest absolute Gasteiger partial charge is 0.393 e. The van der Waals surface area contributed by atoms with Crippen molar-refractivity contribution < 1.29 is 13.9 Å². The summed E-state index contributed by atoms with van der Waals surface area (Å²) in [6.07, 6.45) is 2.30. The highest BCUT2D eigenvalue weighted by Crippen LogP contribution is 2.34. The van der Waals surface area contributed by atoms with Crippen LogP contribution in [-0.4, -0.2) is 11.2 Å². The van der Waals surface area contributed by atoms with Crippen LogP contribution in [0, 0.1) is 17.6 Å². The Bertz CT molecular complexity index is 391. The van der Waals surface area contributed by atoms with Gasteiger partial charge in [-0.3, -0.25) is 0 Å². The summed E-state index contributed by atoms with van der Waals surface area (Å²) in [6, 6.07) is 2.55.